The van der Waals surface area contributed by atoms with Crippen molar-refractivity contribution in [1.82, 2.24) is 5.43 Å². The van der Waals surface area contributed by atoms with E-state index in [0.29, 0.717) is 5.56 Å². The van der Waals surface area contributed by atoms with E-state index in [1.807, 2.05) is 0 Å². The maximum atomic E-state index is 13.5. The van der Waals surface area contributed by atoms with Gasteiger partial charge in [0.15, 0.2) is 0 Å². The van der Waals surface area contributed by atoms with Gasteiger partial charge < -0.3 is 0 Å². The molecular formula is C10H14BrFN2O2S. The van der Waals surface area contributed by atoms with Crippen molar-refractivity contribution in [3.8, 4) is 0 Å². The van der Waals surface area contributed by atoms with Crippen molar-refractivity contribution in [3.63, 3.8) is 0 Å². The van der Waals surface area contributed by atoms with E-state index < -0.39 is 15.9 Å². The van der Waals surface area contributed by atoms with Crippen LogP contribution in [-0.2, 0) is 16.3 Å². The fourth-order valence-electron chi connectivity index (χ4n) is 1.50. The van der Waals surface area contributed by atoms with Crippen molar-refractivity contribution in [2.45, 2.75) is 12.5 Å². The maximum absolute atomic E-state index is 13.5. The van der Waals surface area contributed by atoms with Crippen LogP contribution in [-0.4, -0.2) is 26.5 Å². The lowest BCUT2D eigenvalue weighted by Crippen LogP contribution is -2.41. The highest BCUT2D eigenvalue weighted by molar-refractivity contribution is 9.10. The number of halogens is 2. The van der Waals surface area contributed by atoms with Gasteiger partial charge in [0.25, 0.3) is 0 Å². The Bertz CT molecular complexity index is 493. The van der Waals surface area contributed by atoms with Gasteiger partial charge in [-0.3, -0.25) is 11.3 Å². The van der Waals surface area contributed by atoms with Crippen molar-refractivity contribution in [3.05, 3.63) is 34.1 Å². The van der Waals surface area contributed by atoms with Gasteiger partial charge in [0.1, 0.15) is 15.7 Å². The topological polar surface area (TPSA) is 72.2 Å². The van der Waals surface area contributed by atoms with Crippen LogP contribution in [0.15, 0.2) is 22.7 Å². The van der Waals surface area contributed by atoms with Crippen LogP contribution in [0.2, 0.25) is 0 Å². The first-order chi connectivity index (χ1) is 7.81. The molecule has 0 fully saturated rings. The molecule has 1 rings (SSSR count). The van der Waals surface area contributed by atoms with Crippen LogP contribution in [0.1, 0.15) is 5.56 Å². The third-order valence-corrected chi connectivity index (χ3v) is 3.71. The molecule has 0 saturated heterocycles. The Morgan fingerprint density at radius 3 is 2.71 bits per heavy atom. The Morgan fingerprint density at radius 1 is 1.53 bits per heavy atom. The molecule has 0 aliphatic rings. The number of nitrogens with two attached hydrogens (primary N) is 1. The largest absolute Gasteiger partial charge is 0.271 e. The molecule has 17 heavy (non-hydrogen) atoms. The van der Waals surface area contributed by atoms with Crippen LogP contribution in [0.3, 0.4) is 0 Å². The molecular weight excluding hydrogens is 311 g/mol. The Kier molecular flexibility index (Phi) is 5.05. The van der Waals surface area contributed by atoms with E-state index in [2.05, 4.69) is 21.4 Å². The summed E-state index contributed by atoms with van der Waals surface area (Å²) in [5, 5.41) is 0. The van der Waals surface area contributed by atoms with E-state index in [1.54, 1.807) is 12.1 Å². The second-order valence-electron chi connectivity index (χ2n) is 3.90. The molecule has 0 aliphatic carbocycles. The van der Waals surface area contributed by atoms with Gasteiger partial charge in [-0.25, -0.2) is 12.8 Å². The molecule has 1 unspecified atom stereocenters. The molecule has 1 aromatic carbocycles. The van der Waals surface area contributed by atoms with E-state index in [1.165, 1.54) is 6.07 Å². The molecule has 7 heteroatoms. The molecule has 0 heterocycles. The van der Waals surface area contributed by atoms with Crippen molar-refractivity contribution in [1.29, 1.82) is 0 Å². The van der Waals surface area contributed by atoms with Gasteiger partial charge in [0.2, 0.25) is 0 Å². The molecule has 0 amide bonds. The SMILES string of the molecule is CS(=O)(=O)CC(Cc1cc(Br)ccc1F)NN. The van der Waals surface area contributed by atoms with Gasteiger partial charge in [-0.15, -0.1) is 0 Å². The molecule has 0 aliphatic heterocycles. The summed E-state index contributed by atoms with van der Waals surface area (Å²) >= 11 is 3.23. The Balaban J connectivity index is 2.84. The first kappa shape index (κ1) is 14.6. The molecule has 0 spiro atoms. The average molecular weight is 325 g/mol. The predicted octanol–water partition coefficient (Wildman–Crippen LogP) is 1.01. The quantitative estimate of drug-likeness (QED) is 0.626. The number of hydrogen-bond acceptors (Lipinski definition) is 4. The number of nitrogens with one attached hydrogen (secondary N) is 1. The van der Waals surface area contributed by atoms with E-state index >= 15 is 0 Å². The average Bonchev–Trinajstić information content (AvgIpc) is 2.20. The first-order valence-corrected chi connectivity index (χ1v) is 7.75. The number of benzene rings is 1. The van der Waals surface area contributed by atoms with Crippen LogP contribution in [0.4, 0.5) is 4.39 Å². The van der Waals surface area contributed by atoms with Gasteiger partial charge in [0, 0.05) is 16.8 Å². The lowest BCUT2D eigenvalue weighted by atomic mass is 10.1. The molecule has 96 valence electrons. The zero-order valence-electron chi connectivity index (χ0n) is 9.28. The van der Waals surface area contributed by atoms with Crippen LogP contribution >= 0.6 is 15.9 Å². The molecule has 0 radical (unpaired) electrons. The van der Waals surface area contributed by atoms with Crippen molar-refractivity contribution >= 4 is 25.8 Å². The van der Waals surface area contributed by atoms with Crippen LogP contribution in [0, 0.1) is 5.82 Å². The lowest BCUT2D eigenvalue weighted by Gasteiger charge is -2.15. The van der Waals surface area contributed by atoms with Gasteiger partial charge in [-0.2, -0.15) is 0 Å². The fourth-order valence-corrected chi connectivity index (χ4v) is 2.85. The molecule has 1 aromatic rings. The van der Waals surface area contributed by atoms with E-state index in [9.17, 15) is 12.8 Å². The molecule has 0 saturated carbocycles. The molecule has 3 N–H and O–H groups in total. The number of sulfone groups is 1. The minimum absolute atomic E-state index is 0.130. The monoisotopic (exact) mass is 324 g/mol. The number of rotatable bonds is 5. The summed E-state index contributed by atoms with van der Waals surface area (Å²) in [5.74, 6) is 4.76. The summed E-state index contributed by atoms with van der Waals surface area (Å²) in [7, 11) is -3.16. The highest BCUT2D eigenvalue weighted by Gasteiger charge is 2.16. The molecule has 4 nitrogen and oxygen atoms in total. The molecule has 0 aromatic heterocycles. The number of hydrazine groups is 1. The first-order valence-electron chi connectivity index (χ1n) is 4.89. The molecule has 0 bridgehead atoms. The summed E-state index contributed by atoms with van der Waals surface area (Å²) in [4.78, 5) is 0. The summed E-state index contributed by atoms with van der Waals surface area (Å²) < 4.78 is 36.5. The summed E-state index contributed by atoms with van der Waals surface area (Å²) in [6.07, 6.45) is 1.34. The Labute approximate surface area is 108 Å². The maximum Gasteiger partial charge on any atom is 0.149 e. The fraction of sp³-hybridized carbons (Fsp3) is 0.400. The van der Waals surface area contributed by atoms with E-state index in [-0.39, 0.29) is 18.0 Å². The highest BCUT2D eigenvalue weighted by Crippen LogP contribution is 2.17. The van der Waals surface area contributed by atoms with Gasteiger partial charge in [-0.1, -0.05) is 15.9 Å². The van der Waals surface area contributed by atoms with E-state index in [4.69, 9.17) is 5.84 Å². The van der Waals surface area contributed by atoms with E-state index in [0.717, 1.165) is 10.7 Å². The second kappa shape index (κ2) is 5.90. The van der Waals surface area contributed by atoms with Crippen molar-refractivity contribution in [2.24, 2.45) is 5.84 Å². The van der Waals surface area contributed by atoms with Gasteiger partial charge in [0.05, 0.1) is 5.75 Å². The zero-order valence-corrected chi connectivity index (χ0v) is 11.7. The van der Waals surface area contributed by atoms with Crippen LogP contribution in [0.25, 0.3) is 0 Å². The van der Waals surface area contributed by atoms with Crippen LogP contribution < -0.4 is 11.3 Å². The zero-order chi connectivity index (χ0) is 13.1. The summed E-state index contributed by atoms with van der Waals surface area (Å²) in [6, 6.07) is 4.02. The van der Waals surface area contributed by atoms with Crippen molar-refractivity contribution < 1.29 is 12.8 Å². The Morgan fingerprint density at radius 2 is 2.18 bits per heavy atom. The summed E-state index contributed by atoms with van der Waals surface area (Å²) in [5.41, 5.74) is 2.81. The molecule has 1 atom stereocenters. The predicted molar refractivity (Wildman–Crippen MR) is 68.6 cm³/mol. The smallest absolute Gasteiger partial charge is 0.149 e. The minimum atomic E-state index is -3.16. The Hall–Kier alpha value is -0.500. The second-order valence-corrected chi connectivity index (χ2v) is 7.00. The van der Waals surface area contributed by atoms with Gasteiger partial charge in [-0.05, 0) is 30.2 Å². The third-order valence-electron chi connectivity index (χ3n) is 2.21. The standard InChI is InChI=1S/C10H14BrFN2O2S/c1-17(15,16)6-9(14-13)5-7-4-8(11)2-3-10(7)12/h2-4,9,14H,5-6,13H2,1H3. The third kappa shape index (κ3) is 5.12. The normalized spacial score (nSPS) is 13.6. The summed E-state index contributed by atoms with van der Waals surface area (Å²) in [6.45, 7) is 0. The minimum Gasteiger partial charge on any atom is -0.271 e. The van der Waals surface area contributed by atoms with Crippen molar-refractivity contribution in [2.75, 3.05) is 12.0 Å². The van der Waals surface area contributed by atoms with Crippen LogP contribution in [0.5, 0.6) is 0 Å². The lowest BCUT2D eigenvalue weighted by molar-refractivity contribution is 0.529. The van der Waals surface area contributed by atoms with Gasteiger partial charge >= 0.3 is 0 Å². The number of hydrogen-bond donors (Lipinski definition) is 2. The highest BCUT2D eigenvalue weighted by atomic mass is 79.9.